The zero-order valence-corrected chi connectivity index (χ0v) is 17.1. The molecule has 0 aliphatic carbocycles. The smallest absolute Gasteiger partial charge is 0.408 e. The van der Waals surface area contributed by atoms with Gasteiger partial charge in [-0.05, 0) is 57.7 Å². The summed E-state index contributed by atoms with van der Waals surface area (Å²) in [5.74, 6) is 0. The van der Waals surface area contributed by atoms with Gasteiger partial charge < -0.3 is 15.2 Å². The Morgan fingerprint density at radius 3 is 2.50 bits per heavy atom. The molecule has 2 N–H and O–H groups in total. The zero-order chi connectivity index (χ0) is 18.4. The molecule has 0 saturated carbocycles. The predicted molar refractivity (Wildman–Crippen MR) is 102 cm³/mol. The van der Waals surface area contributed by atoms with Crippen LogP contribution in [0.15, 0.2) is 22.7 Å². The number of carbonyl (C=O) groups excluding carboxylic acids is 1. The molecule has 1 amide bonds. The van der Waals surface area contributed by atoms with Crippen molar-refractivity contribution < 1.29 is 14.6 Å². The van der Waals surface area contributed by atoms with Gasteiger partial charge in [0, 0.05) is 9.50 Å². The molecule has 1 unspecified atom stereocenters. The first kappa shape index (κ1) is 21.3. The van der Waals surface area contributed by atoms with Crippen LogP contribution >= 0.6 is 27.5 Å². The first-order valence-corrected chi connectivity index (χ1v) is 9.34. The Bertz CT molecular complexity index is 560. The van der Waals surface area contributed by atoms with Crippen LogP contribution in [0.2, 0.25) is 5.02 Å². The molecule has 0 radical (unpaired) electrons. The number of benzene rings is 1. The summed E-state index contributed by atoms with van der Waals surface area (Å²) in [5, 5.41) is 13.5. The fourth-order valence-electron chi connectivity index (χ4n) is 2.54. The molecular weight excluding hydrogens is 394 g/mol. The highest BCUT2D eigenvalue weighted by Gasteiger charge is 2.32. The van der Waals surface area contributed by atoms with Crippen LogP contribution in [0.3, 0.4) is 0 Å². The van der Waals surface area contributed by atoms with E-state index in [1.54, 1.807) is 0 Å². The van der Waals surface area contributed by atoms with Crippen molar-refractivity contribution in [2.24, 2.45) is 0 Å². The second-order valence-corrected chi connectivity index (χ2v) is 8.37. The van der Waals surface area contributed by atoms with Crippen molar-refractivity contribution in [2.45, 2.75) is 64.5 Å². The van der Waals surface area contributed by atoms with Crippen LogP contribution < -0.4 is 5.32 Å². The van der Waals surface area contributed by atoms with E-state index in [-0.39, 0.29) is 6.61 Å². The summed E-state index contributed by atoms with van der Waals surface area (Å²) < 4.78 is 6.26. The second-order valence-electron chi connectivity index (χ2n) is 7.05. The largest absolute Gasteiger partial charge is 0.444 e. The molecule has 1 aromatic rings. The highest BCUT2D eigenvalue weighted by Crippen LogP contribution is 2.26. The van der Waals surface area contributed by atoms with E-state index in [0.717, 1.165) is 16.5 Å². The highest BCUT2D eigenvalue weighted by molar-refractivity contribution is 9.10. The number of hydrogen-bond donors (Lipinski definition) is 2. The molecule has 0 aromatic heterocycles. The van der Waals surface area contributed by atoms with Gasteiger partial charge in [0.25, 0.3) is 0 Å². The number of ether oxygens (including phenoxy) is 1. The number of aryl methyl sites for hydroxylation is 1. The fraction of sp³-hybridized carbons (Fsp3) is 0.611. The monoisotopic (exact) mass is 419 g/mol. The van der Waals surface area contributed by atoms with Crippen molar-refractivity contribution in [1.82, 2.24) is 5.32 Å². The number of aliphatic hydroxyl groups excluding tert-OH is 1. The van der Waals surface area contributed by atoms with Crippen molar-refractivity contribution in [1.29, 1.82) is 0 Å². The van der Waals surface area contributed by atoms with Gasteiger partial charge in [-0.1, -0.05) is 46.9 Å². The minimum Gasteiger partial charge on any atom is -0.444 e. The number of carbonyl (C=O) groups is 1. The Morgan fingerprint density at radius 1 is 1.33 bits per heavy atom. The van der Waals surface area contributed by atoms with Crippen LogP contribution in [0, 0.1) is 0 Å². The van der Waals surface area contributed by atoms with Crippen molar-refractivity contribution in [3.8, 4) is 0 Å². The van der Waals surface area contributed by atoms with E-state index in [9.17, 15) is 9.90 Å². The van der Waals surface area contributed by atoms with Crippen molar-refractivity contribution >= 4 is 33.6 Å². The Balaban J connectivity index is 2.85. The van der Waals surface area contributed by atoms with Gasteiger partial charge in [0.2, 0.25) is 0 Å². The number of amides is 1. The van der Waals surface area contributed by atoms with Gasteiger partial charge in [-0.25, -0.2) is 4.79 Å². The third kappa shape index (κ3) is 6.99. The molecular formula is C18H27BrClNO3. The minimum absolute atomic E-state index is 0.145. The fourth-order valence-corrected chi connectivity index (χ4v) is 3.31. The summed E-state index contributed by atoms with van der Waals surface area (Å²) in [5.41, 5.74) is -0.306. The normalized spacial score (nSPS) is 14.1. The molecule has 136 valence electrons. The van der Waals surface area contributed by atoms with Gasteiger partial charge in [0.1, 0.15) is 5.60 Å². The summed E-state index contributed by atoms with van der Waals surface area (Å²) in [6, 6.07) is 5.73. The number of hydrogen-bond acceptors (Lipinski definition) is 3. The van der Waals surface area contributed by atoms with Crippen molar-refractivity contribution in [3.05, 3.63) is 33.3 Å². The molecule has 6 heteroatoms. The summed E-state index contributed by atoms with van der Waals surface area (Å²) in [6.45, 7) is 7.32. The number of aliphatic hydroxyl groups is 1. The maximum Gasteiger partial charge on any atom is 0.408 e. The van der Waals surface area contributed by atoms with Crippen LogP contribution in [0.1, 0.15) is 52.5 Å². The quantitative estimate of drug-likeness (QED) is 0.646. The SMILES string of the molecule is CCCC(CO)(CCc1ccc(Br)cc1Cl)NC(=O)OC(C)(C)C. The van der Waals surface area contributed by atoms with Gasteiger partial charge in [0.05, 0.1) is 12.1 Å². The van der Waals surface area contributed by atoms with Gasteiger partial charge in [0.15, 0.2) is 0 Å². The maximum atomic E-state index is 12.2. The van der Waals surface area contributed by atoms with Crippen LogP contribution in [-0.4, -0.2) is 28.9 Å². The molecule has 0 aliphatic heterocycles. The summed E-state index contributed by atoms with van der Waals surface area (Å²) >= 11 is 9.65. The van der Waals surface area contributed by atoms with E-state index in [0.29, 0.717) is 24.3 Å². The second kappa shape index (κ2) is 9.07. The maximum absolute atomic E-state index is 12.2. The molecule has 0 spiro atoms. The average molecular weight is 421 g/mol. The Labute approximate surface area is 158 Å². The lowest BCUT2D eigenvalue weighted by atomic mass is 9.87. The standard InChI is InChI=1S/C18H27BrClNO3/c1-5-9-18(12-22,21-16(23)24-17(2,3)4)10-8-13-6-7-14(19)11-15(13)20/h6-7,11,22H,5,8-10,12H2,1-4H3,(H,21,23). The van der Waals surface area contributed by atoms with Gasteiger partial charge in [-0.15, -0.1) is 0 Å². The number of rotatable bonds is 7. The van der Waals surface area contributed by atoms with Crippen LogP contribution in [0.4, 0.5) is 4.79 Å². The van der Waals surface area contributed by atoms with E-state index in [2.05, 4.69) is 21.2 Å². The highest BCUT2D eigenvalue weighted by atomic mass is 79.9. The average Bonchev–Trinajstić information content (AvgIpc) is 2.44. The Hall–Kier alpha value is -0.780. The van der Waals surface area contributed by atoms with Gasteiger partial charge >= 0.3 is 6.09 Å². The van der Waals surface area contributed by atoms with Crippen LogP contribution in [0.5, 0.6) is 0 Å². The van der Waals surface area contributed by atoms with E-state index < -0.39 is 17.2 Å². The van der Waals surface area contributed by atoms with E-state index in [4.69, 9.17) is 16.3 Å². The molecule has 4 nitrogen and oxygen atoms in total. The molecule has 0 fully saturated rings. The summed E-state index contributed by atoms with van der Waals surface area (Å²) in [4.78, 5) is 12.2. The third-order valence-corrected chi connectivity index (χ3v) is 4.53. The van der Waals surface area contributed by atoms with Crippen molar-refractivity contribution in [3.63, 3.8) is 0 Å². The van der Waals surface area contributed by atoms with Gasteiger partial charge in [-0.2, -0.15) is 0 Å². The zero-order valence-electron chi connectivity index (χ0n) is 14.8. The topological polar surface area (TPSA) is 58.6 Å². The number of alkyl carbamates (subject to hydrolysis) is 1. The minimum atomic E-state index is -0.715. The molecule has 1 rings (SSSR count). The molecule has 24 heavy (non-hydrogen) atoms. The molecule has 0 heterocycles. The third-order valence-electron chi connectivity index (χ3n) is 3.69. The lowest BCUT2D eigenvalue weighted by Crippen LogP contribution is -2.53. The van der Waals surface area contributed by atoms with E-state index in [1.165, 1.54) is 0 Å². The van der Waals surface area contributed by atoms with Gasteiger partial charge in [-0.3, -0.25) is 0 Å². The Morgan fingerprint density at radius 2 is 2.00 bits per heavy atom. The lowest BCUT2D eigenvalue weighted by Gasteiger charge is -2.34. The Kier molecular flexibility index (Phi) is 8.03. The molecule has 0 bridgehead atoms. The molecule has 0 saturated heterocycles. The molecule has 1 atom stereocenters. The lowest BCUT2D eigenvalue weighted by molar-refractivity contribution is 0.0373. The number of nitrogens with one attached hydrogen (secondary N) is 1. The van der Waals surface area contributed by atoms with Crippen LogP contribution in [0.25, 0.3) is 0 Å². The van der Waals surface area contributed by atoms with E-state index >= 15 is 0 Å². The molecule has 1 aromatic carbocycles. The first-order chi connectivity index (χ1) is 11.1. The number of halogens is 2. The van der Waals surface area contributed by atoms with E-state index in [1.807, 2.05) is 45.9 Å². The summed E-state index contributed by atoms with van der Waals surface area (Å²) in [7, 11) is 0. The van der Waals surface area contributed by atoms with Crippen molar-refractivity contribution in [2.75, 3.05) is 6.61 Å². The predicted octanol–water partition coefficient (Wildman–Crippen LogP) is 5.09. The molecule has 0 aliphatic rings. The van der Waals surface area contributed by atoms with Crippen LogP contribution in [-0.2, 0) is 11.2 Å². The summed E-state index contributed by atoms with van der Waals surface area (Å²) in [6.07, 6.45) is 2.23. The first-order valence-electron chi connectivity index (χ1n) is 8.17.